The molecule has 4 aromatic rings. The first kappa shape index (κ1) is 26.3. The summed E-state index contributed by atoms with van der Waals surface area (Å²) >= 11 is 0. The van der Waals surface area contributed by atoms with Gasteiger partial charge in [0.1, 0.15) is 0 Å². The average Bonchev–Trinajstić information content (AvgIpc) is 3.27. The van der Waals surface area contributed by atoms with Crippen LogP contribution in [-0.2, 0) is 6.54 Å². The van der Waals surface area contributed by atoms with Gasteiger partial charge in [0.15, 0.2) is 0 Å². The number of carbonyl (C=O) groups excluding carboxylic acids is 1. The van der Waals surface area contributed by atoms with Crippen LogP contribution in [0.2, 0.25) is 0 Å². The van der Waals surface area contributed by atoms with Crippen LogP contribution in [-0.4, -0.2) is 57.7 Å². The molecule has 0 aliphatic heterocycles. The molecule has 4 rings (SSSR count). The zero-order valence-electron chi connectivity index (χ0n) is 22.9. The quantitative estimate of drug-likeness (QED) is 0.319. The van der Waals surface area contributed by atoms with Crippen LogP contribution in [0.1, 0.15) is 52.8 Å². The van der Waals surface area contributed by atoms with E-state index in [-0.39, 0.29) is 11.9 Å². The van der Waals surface area contributed by atoms with Gasteiger partial charge in [0, 0.05) is 43.3 Å². The van der Waals surface area contributed by atoms with Gasteiger partial charge in [-0.25, -0.2) is 9.97 Å². The minimum Gasteiger partial charge on any atom is -0.382 e. The fourth-order valence-electron chi connectivity index (χ4n) is 4.62. The van der Waals surface area contributed by atoms with Crippen molar-refractivity contribution < 1.29 is 4.79 Å². The monoisotopic (exact) mass is 499 g/mol. The molecule has 8 nitrogen and oxygen atoms in total. The van der Waals surface area contributed by atoms with E-state index in [0.717, 1.165) is 64.4 Å². The zero-order valence-corrected chi connectivity index (χ0v) is 22.9. The topological polar surface area (TPSA) is 88.0 Å². The van der Waals surface area contributed by atoms with Crippen molar-refractivity contribution >= 4 is 22.5 Å². The number of anilines is 1. The summed E-state index contributed by atoms with van der Waals surface area (Å²) in [6.45, 7) is 12.6. The maximum absolute atomic E-state index is 14.0. The Labute approximate surface area is 219 Å². The molecule has 0 fully saturated rings. The van der Waals surface area contributed by atoms with Crippen molar-refractivity contribution in [1.29, 1.82) is 0 Å². The summed E-state index contributed by atoms with van der Waals surface area (Å²) in [7, 11) is 3.78. The predicted molar refractivity (Wildman–Crippen MR) is 150 cm³/mol. The van der Waals surface area contributed by atoms with Crippen molar-refractivity contribution in [2.45, 2.75) is 47.2 Å². The number of aromatic nitrogens is 4. The Morgan fingerprint density at radius 2 is 1.84 bits per heavy atom. The Morgan fingerprint density at radius 1 is 1.05 bits per heavy atom. The minimum atomic E-state index is -0.132. The molecule has 0 aliphatic rings. The Kier molecular flexibility index (Phi) is 7.88. The van der Waals surface area contributed by atoms with E-state index >= 15 is 0 Å². The van der Waals surface area contributed by atoms with Gasteiger partial charge in [0.2, 0.25) is 0 Å². The molecule has 1 unspecified atom stereocenters. The molecule has 0 radical (unpaired) electrons. The summed E-state index contributed by atoms with van der Waals surface area (Å²) < 4.78 is 1.96. The molecule has 1 aromatic carbocycles. The summed E-state index contributed by atoms with van der Waals surface area (Å²) in [6, 6.07) is 11.8. The molecule has 37 heavy (non-hydrogen) atoms. The molecule has 0 spiro atoms. The number of nitrogens with one attached hydrogen (secondary N) is 2. The first-order valence-electron chi connectivity index (χ1n) is 12.8. The lowest BCUT2D eigenvalue weighted by atomic mass is 10.0. The summed E-state index contributed by atoms with van der Waals surface area (Å²) in [6.07, 6.45) is 1.87. The lowest BCUT2D eigenvalue weighted by Crippen LogP contribution is -2.30. The molecule has 1 atom stereocenters. The minimum absolute atomic E-state index is 0.0579. The third kappa shape index (κ3) is 5.34. The van der Waals surface area contributed by atoms with Crippen LogP contribution in [0.4, 0.5) is 5.69 Å². The lowest BCUT2D eigenvalue weighted by Gasteiger charge is -2.26. The van der Waals surface area contributed by atoms with Crippen LogP contribution in [0.3, 0.4) is 0 Å². The number of pyridine rings is 2. The van der Waals surface area contributed by atoms with E-state index in [1.807, 2.05) is 82.1 Å². The van der Waals surface area contributed by atoms with Gasteiger partial charge in [-0.15, -0.1) is 0 Å². The Hall–Kier alpha value is -3.78. The second-order valence-corrected chi connectivity index (χ2v) is 9.53. The second-order valence-electron chi connectivity index (χ2n) is 9.53. The molecule has 0 saturated carbocycles. The molecule has 8 heteroatoms. The molecule has 194 valence electrons. The number of hydrogen-bond acceptors (Lipinski definition) is 6. The number of fused-ring (bicyclic) bond motifs is 1. The summed E-state index contributed by atoms with van der Waals surface area (Å²) in [5.74, 6) is -0.0579. The third-order valence-electron chi connectivity index (χ3n) is 7.03. The van der Waals surface area contributed by atoms with Crippen LogP contribution in [0.25, 0.3) is 22.3 Å². The highest BCUT2D eigenvalue weighted by molar-refractivity contribution is 6.07. The molecule has 0 aliphatic carbocycles. The van der Waals surface area contributed by atoms with Crippen LogP contribution in [0, 0.1) is 20.8 Å². The summed E-state index contributed by atoms with van der Waals surface area (Å²) in [5.41, 5.74) is 7.90. The van der Waals surface area contributed by atoms with E-state index in [4.69, 9.17) is 9.97 Å². The van der Waals surface area contributed by atoms with Crippen molar-refractivity contribution in [3.63, 3.8) is 0 Å². The van der Waals surface area contributed by atoms with Crippen molar-refractivity contribution in [3.05, 3.63) is 70.7 Å². The fourth-order valence-corrected chi connectivity index (χ4v) is 4.62. The van der Waals surface area contributed by atoms with Gasteiger partial charge in [0.05, 0.1) is 46.1 Å². The standard InChI is InChI=1S/C29H37N7O/c1-8-36-21(5)24(17-32-36)20(4)35(7)29(37)23-16-28(34-26-10-9-18(2)15-22(23)26)27-12-11-25(19(3)33-27)31-14-13-30-6/h9-12,15-17,20,30-31H,8,13-14H2,1-7H3. The molecule has 0 saturated heterocycles. The number of benzene rings is 1. The van der Waals surface area contributed by atoms with Gasteiger partial charge in [-0.2, -0.15) is 5.10 Å². The van der Waals surface area contributed by atoms with Gasteiger partial charge in [0.25, 0.3) is 5.91 Å². The van der Waals surface area contributed by atoms with E-state index in [0.29, 0.717) is 11.3 Å². The highest BCUT2D eigenvalue weighted by Crippen LogP contribution is 2.30. The Bertz CT molecular complexity index is 1430. The van der Waals surface area contributed by atoms with Gasteiger partial charge in [-0.3, -0.25) is 9.48 Å². The van der Waals surface area contributed by atoms with Crippen molar-refractivity contribution in [2.75, 3.05) is 32.5 Å². The highest BCUT2D eigenvalue weighted by atomic mass is 16.2. The van der Waals surface area contributed by atoms with Gasteiger partial charge >= 0.3 is 0 Å². The van der Waals surface area contributed by atoms with E-state index in [1.54, 1.807) is 4.90 Å². The second kappa shape index (κ2) is 11.1. The number of hydrogen-bond donors (Lipinski definition) is 2. The summed E-state index contributed by atoms with van der Waals surface area (Å²) in [4.78, 5) is 25.5. The predicted octanol–water partition coefficient (Wildman–Crippen LogP) is 4.90. The van der Waals surface area contributed by atoms with Crippen LogP contribution >= 0.6 is 0 Å². The van der Waals surface area contributed by atoms with E-state index in [2.05, 4.69) is 29.6 Å². The Balaban J connectivity index is 1.74. The SMILES string of the molecule is CCn1ncc(C(C)N(C)C(=O)c2cc(-c3ccc(NCCNC)c(C)n3)nc3ccc(C)cc23)c1C. The van der Waals surface area contributed by atoms with Gasteiger partial charge < -0.3 is 15.5 Å². The van der Waals surface area contributed by atoms with Gasteiger partial charge in [-0.05, 0) is 72.0 Å². The van der Waals surface area contributed by atoms with E-state index in [9.17, 15) is 4.79 Å². The number of amides is 1. The maximum Gasteiger partial charge on any atom is 0.254 e. The number of nitrogens with zero attached hydrogens (tertiary/aromatic N) is 5. The molecular formula is C29H37N7O. The zero-order chi connectivity index (χ0) is 26.7. The Morgan fingerprint density at radius 3 is 2.51 bits per heavy atom. The van der Waals surface area contributed by atoms with Gasteiger partial charge in [-0.1, -0.05) is 11.6 Å². The fraction of sp³-hybridized carbons (Fsp3) is 0.379. The number of likely N-dealkylation sites (N-methyl/N-ethyl adjacent to an activating group) is 1. The molecular weight excluding hydrogens is 462 g/mol. The first-order valence-corrected chi connectivity index (χ1v) is 12.8. The van der Waals surface area contributed by atoms with Crippen molar-refractivity contribution in [1.82, 2.24) is 30.0 Å². The smallest absolute Gasteiger partial charge is 0.254 e. The number of carbonyl (C=O) groups is 1. The van der Waals surface area contributed by atoms with Crippen LogP contribution in [0.15, 0.2) is 42.6 Å². The third-order valence-corrected chi connectivity index (χ3v) is 7.03. The molecule has 0 bridgehead atoms. The van der Waals surface area contributed by atoms with Crippen molar-refractivity contribution in [3.8, 4) is 11.4 Å². The molecule has 2 N–H and O–H groups in total. The van der Waals surface area contributed by atoms with Crippen molar-refractivity contribution in [2.24, 2.45) is 0 Å². The lowest BCUT2D eigenvalue weighted by molar-refractivity contribution is 0.0744. The van der Waals surface area contributed by atoms with Crippen LogP contribution in [0.5, 0.6) is 0 Å². The number of rotatable bonds is 9. The summed E-state index contributed by atoms with van der Waals surface area (Å²) in [5, 5.41) is 11.9. The largest absolute Gasteiger partial charge is 0.382 e. The van der Waals surface area contributed by atoms with E-state index in [1.165, 1.54) is 0 Å². The van der Waals surface area contributed by atoms with Crippen LogP contribution < -0.4 is 10.6 Å². The van der Waals surface area contributed by atoms with E-state index < -0.39 is 0 Å². The average molecular weight is 500 g/mol. The number of aryl methyl sites for hydroxylation is 3. The molecule has 1 amide bonds. The molecule has 3 aromatic heterocycles. The molecule has 3 heterocycles. The maximum atomic E-state index is 14.0. The highest BCUT2D eigenvalue weighted by Gasteiger charge is 2.25. The first-order chi connectivity index (χ1) is 17.7. The normalized spacial score (nSPS) is 12.1.